The Bertz CT molecular complexity index is 636. The number of imide groups is 1. The Labute approximate surface area is 129 Å². The summed E-state index contributed by atoms with van der Waals surface area (Å²) in [6.07, 6.45) is 5.35. The summed E-state index contributed by atoms with van der Waals surface area (Å²) in [6.45, 7) is 1.80. The Morgan fingerprint density at radius 2 is 2.18 bits per heavy atom. The molecular weight excluding hydrogens is 282 g/mol. The zero-order chi connectivity index (χ0) is 15.9. The fourth-order valence-corrected chi connectivity index (χ4v) is 3.61. The van der Waals surface area contributed by atoms with Crippen molar-refractivity contribution in [3.63, 3.8) is 0 Å². The lowest BCUT2D eigenvalue weighted by atomic mass is 9.73. The Morgan fingerprint density at radius 1 is 1.41 bits per heavy atom. The van der Waals surface area contributed by atoms with Crippen molar-refractivity contribution in [2.24, 2.45) is 13.0 Å². The van der Waals surface area contributed by atoms with E-state index >= 15 is 0 Å². The number of nitrogens with zero attached hydrogens (tertiary/aromatic N) is 2. The molecule has 2 heterocycles. The Kier molecular flexibility index (Phi) is 3.54. The van der Waals surface area contributed by atoms with Crippen LogP contribution in [0.5, 0.6) is 0 Å². The number of aryl methyl sites for hydroxylation is 1. The van der Waals surface area contributed by atoms with Crippen molar-refractivity contribution in [1.82, 2.24) is 14.8 Å². The minimum atomic E-state index is -0.802. The van der Waals surface area contributed by atoms with Gasteiger partial charge in [0.25, 0.3) is 5.91 Å². The first kappa shape index (κ1) is 14.8. The number of urea groups is 1. The molecule has 0 unspecified atom stereocenters. The van der Waals surface area contributed by atoms with E-state index in [9.17, 15) is 14.4 Å². The van der Waals surface area contributed by atoms with Crippen LogP contribution in [0.3, 0.4) is 0 Å². The van der Waals surface area contributed by atoms with Gasteiger partial charge in [0.15, 0.2) is 5.78 Å². The molecule has 1 saturated carbocycles. The molecule has 1 N–H and O–H groups in total. The minimum Gasteiger partial charge on any atom is -0.348 e. The van der Waals surface area contributed by atoms with Crippen molar-refractivity contribution in [2.45, 2.75) is 38.1 Å². The number of Topliss-reactive ketones (excluding diaryl/α,β-unsaturated/α-hetero) is 1. The van der Waals surface area contributed by atoms with Gasteiger partial charge in [0.05, 0.1) is 12.2 Å². The zero-order valence-electron chi connectivity index (χ0n) is 13.0. The zero-order valence-corrected chi connectivity index (χ0v) is 13.0. The molecule has 6 heteroatoms. The predicted molar refractivity (Wildman–Crippen MR) is 80.4 cm³/mol. The maximum atomic E-state index is 12.8. The van der Waals surface area contributed by atoms with Crippen LogP contribution in [0, 0.1) is 5.92 Å². The largest absolute Gasteiger partial charge is 0.348 e. The van der Waals surface area contributed by atoms with E-state index in [-0.39, 0.29) is 24.2 Å². The monoisotopic (exact) mass is 303 g/mol. The maximum Gasteiger partial charge on any atom is 0.325 e. The molecule has 1 aliphatic heterocycles. The van der Waals surface area contributed by atoms with Gasteiger partial charge in [0.2, 0.25) is 0 Å². The topological polar surface area (TPSA) is 71.4 Å². The van der Waals surface area contributed by atoms with Gasteiger partial charge in [-0.25, -0.2) is 4.79 Å². The molecule has 0 bridgehead atoms. The molecule has 2 fully saturated rings. The molecule has 1 aromatic rings. The summed E-state index contributed by atoms with van der Waals surface area (Å²) in [5.41, 5.74) is -0.303. The van der Waals surface area contributed by atoms with Crippen LogP contribution in [0.1, 0.15) is 43.1 Å². The molecule has 2 atom stereocenters. The number of aromatic nitrogens is 1. The lowest BCUT2D eigenvalue weighted by Crippen LogP contribution is -2.54. The van der Waals surface area contributed by atoms with Crippen LogP contribution >= 0.6 is 0 Å². The van der Waals surface area contributed by atoms with Gasteiger partial charge in [0, 0.05) is 13.2 Å². The first-order valence-corrected chi connectivity index (χ1v) is 7.74. The minimum absolute atomic E-state index is 0.104. The highest BCUT2D eigenvalue weighted by Crippen LogP contribution is 2.38. The van der Waals surface area contributed by atoms with Crippen molar-refractivity contribution in [2.75, 3.05) is 6.54 Å². The summed E-state index contributed by atoms with van der Waals surface area (Å²) in [5, 5.41) is 2.86. The summed E-state index contributed by atoms with van der Waals surface area (Å²) >= 11 is 0. The molecule has 3 rings (SSSR count). The first-order valence-electron chi connectivity index (χ1n) is 7.74. The van der Waals surface area contributed by atoms with Crippen LogP contribution in [0.25, 0.3) is 0 Å². The van der Waals surface area contributed by atoms with Crippen LogP contribution in [0.15, 0.2) is 18.3 Å². The molecule has 118 valence electrons. The van der Waals surface area contributed by atoms with E-state index in [1.807, 2.05) is 6.92 Å². The molecule has 0 aromatic carbocycles. The van der Waals surface area contributed by atoms with Crippen molar-refractivity contribution in [3.8, 4) is 0 Å². The number of hydrogen-bond donors (Lipinski definition) is 1. The third-order valence-electron chi connectivity index (χ3n) is 5.03. The lowest BCUT2D eigenvalue weighted by Gasteiger charge is -2.36. The SMILES string of the molecule is C[C@@H]1CCCC[C@]12NC(=O)N(CC(=O)c1cccn1C)C2=O. The van der Waals surface area contributed by atoms with Gasteiger partial charge in [-0.1, -0.05) is 19.8 Å². The Balaban J connectivity index is 1.80. The summed E-state index contributed by atoms with van der Waals surface area (Å²) in [4.78, 5) is 38.4. The molecule has 1 aliphatic carbocycles. The molecule has 22 heavy (non-hydrogen) atoms. The fourth-order valence-electron chi connectivity index (χ4n) is 3.61. The van der Waals surface area contributed by atoms with Gasteiger partial charge in [0.1, 0.15) is 5.54 Å². The van der Waals surface area contributed by atoms with E-state index in [0.717, 1.165) is 24.2 Å². The smallest absolute Gasteiger partial charge is 0.325 e. The van der Waals surface area contributed by atoms with Crippen LogP contribution in [0.4, 0.5) is 4.79 Å². The lowest BCUT2D eigenvalue weighted by molar-refractivity contribution is -0.133. The molecule has 1 aromatic heterocycles. The second-order valence-corrected chi connectivity index (χ2v) is 6.37. The number of carbonyl (C=O) groups is 3. The summed E-state index contributed by atoms with van der Waals surface area (Å²) in [7, 11) is 1.77. The Morgan fingerprint density at radius 3 is 2.82 bits per heavy atom. The molecular formula is C16H21N3O3. The van der Waals surface area contributed by atoms with E-state index in [0.29, 0.717) is 12.1 Å². The van der Waals surface area contributed by atoms with Crippen molar-refractivity contribution in [3.05, 3.63) is 24.0 Å². The summed E-state index contributed by atoms with van der Waals surface area (Å²) in [6, 6.07) is 3.02. The third kappa shape index (κ3) is 2.14. The highest BCUT2D eigenvalue weighted by Gasteiger charge is 2.55. The number of rotatable bonds is 3. The number of hydrogen-bond acceptors (Lipinski definition) is 3. The van der Waals surface area contributed by atoms with Crippen LogP contribution in [0.2, 0.25) is 0 Å². The maximum absolute atomic E-state index is 12.8. The van der Waals surface area contributed by atoms with Gasteiger partial charge in [-0.15, -0.1) is 0 Å². The molecule has 1 spiro atoms. The first-order chi connectivity index (χ1) is 10.5. The van der Waals surface area contributed by atoms with Crippen molar-refractivity contribution in [1.29, 1.82) is 0 Å². The summed E-state index contributed by atoms with van der Waals surface area (Å²) in [5.74, 6) is -0.364. The third-order valence-corrected chi connectivity index (χ3v) is 5.03. The molecule has 2 aliphatic rings. The highest BCUT2D eigenvalue weighted by molar-refractivity contribution is 6.11. The van der Waals surface area contributed by atoms with E-state index in [2.05, 4.69) is 5.32 Å². The van der Waals surface area contributed by atoms with Crippen LogP contribution in [-0.2, 0) is 11.8 Å². The molecule has 6 nitrogen and oxygen atoms in total. The van der Waals surface area contributed by atoms with Crippen molar-refractivity contribution >= 4 is 17.7 Å². The van der Waals surface area contributed by atoms with Crippen LogP contribution < -0.4 is 5.32 Å². The second kappa shape index (κ2) is 5.26. The second-order valence-electron chi connectivity index (χ2n) is 6.37. The standard InChI is InChI=1S/C16H21N3O3/c1-11-6-3-4-8-16(11)14(21)19(15(22)17-16)10-13(20)12-7-5-9-18(12)2/h5,7,9,11H,3-4,6,8,10H2,1-2H3,(H,17,22)/t11-,16+/m1/s1. The van der Waals surface area contributed by atoms with E-state index in [1.54, 1.807) is 29.9 Å². The summed E-state index contributed by atoms with van der Waals surface area (Å²) < 4.78 is 1.69. The number of amides is 3. The number of carbonyl (C=O) groups excluding carboxylic acids is 3. The molecule has 0 radical (unpaired) electrons. The number of ketones is 1. The van der Waals surface area contributed by atoms with Crippen LogP contribution in [-0.4, -0.2) is 39.3 Å². The molecule has 3 amide bonds. The van der Waals surface area contributed by atoms with Gasteiger partial charge in [-0.05, 0) is 30.9 Å². The van der Waals surface area contributed by atoms with E-state index in [4.69, 9.17) is 0 Å². The van der Waals surface area contributed by atoms with Gasteiger partial charge < -0.3 is 9.88 Å². The van der Waals surface area contributed by atoms with E-state index < -0.39 is 11.6 Å². The normalized spacial score (nSPS) is 28.3. The van der Waals surface area contributed by atoms with Gasteiger partial charge in [-0.2, -0.15) is 0 Å². The Hall–Kier alpha value is -2.11. The molecule has 1 saturated heterocycles. The highest BCUT2D eigenvalue weighted by atomic mass is 16.2. The fraction of sp³-hybridized carbons (Fsp3) is 0.562. The predicted octanol–water partition coefficient (Wildman–Crippen LogP) is 1.71. The van der Waals surface area contributed by atoms with Gasteiger partial charge in [-0.3, -0.25) is 14.5 Å². The van der Waals surface area contributed by atoms with Crippen molar-refractivity contribution < 1.29 is 14.4 Å². The average molecular weight is 303 g/mol. The average Bonchev–Trinajstić information content (AvgIpc) is 3.00. The number of nitrogens with one attached hydrogen (secondary N) is 1. The van der Waals surface area contributed by atoms with E-state index in [1.165, 1.54) is 0 Å². The van der Waals surface area contributed by atoms with Gasteiger partial charge >= 0.3 is 6.03 Å². The quantitative estimate of drug-likeness (QED) is 0.682.